The SMILES string of the molecule is Cn1c2cc(-c3ccc4ccccc4c3)ccc2c2cc3c(-c4ccc5ccccc5c4)c4ccccc4c(-c4ccc5ccccc5c4)c3cc21. The molecule has 0 fully saturated rings. The van der Waals surface area contributed by atoms with Gasteiger partial charge in [-0.3, -0.25) is 0 Å². The summed E-state index contributed by atoms with van der Waals surface area (Å²) in [6, 6.07) is 67.6. The van der Waals surface area contributed by atoms with E-state index in [9.17, 15) is 0 Å². The molecule has 0 amide bonds. The van der Waals surface area contributed by atoms with Gasteiger partial charge in [0.05, 0.1) is 0 Å². The lowest BCUT2D eigenvalue weighted by Crippen LogP contribution is -1.93. The molecule has 0 N–H and O–H groups in total. The molecule has 0 aliphatic heterocycles. The van der Waals surface area contributed by atoms with E-state index in [4.69, 9.17) is 0 Å². The van der Waals surface area contributed by atoms with Gasteiger partial charge in [0.25, 0.3) is 0 Å². The first-order valence-corrected chi connectivity index (χ1v) is 18.1. The first kappa shape index (κ1) is 29.1. The van der Waals surface area contributed by atoms with Crippen molar-refractivity contribution in [1.29, 1.82) is 0 Å². The zero-order valence-electron chi connectivity index (χ0n) is 28.8. The van der Waals surface area contributed by atoms with Crippen LogP contribution in [0, 0.1) is 0 Å². The molecule has 0 aliphatic rings. The Bertz CT molecular complexity index is 3250. The average molecular weight is 660 g/mol. The summed E-state index contributed by atoms with van der Waals surface area (Å²) >= 11 is 0. The van der Waals surface area contributed by atoms with Gasteiger partial charge in [-0.05, 0) is 124 Å². The number of hydrogen-bond donors (Lipinski definition) is 0. The van der Waals surface area contributed by atoms with Gasteiger partial charge in [-0.15, -0.1) is 0 Å². The highest BCUT2D eigenvalue weighted by Crippen LogP contribution is 2.47. The minimum Gasteiger partial charge on any atom is -0.344 e. The smallest absolute Gasteiger partial charge is 0.0495 e. The molecule has 10 aromatic carbocycles. The molecule has 0 unspecified atom stereocenters. The average Bonchev–Trinajstić information content (AvgIpc) is 3.48. The number of hydrogen-bond acceptors (Lipinski definition) is 0. The van der Waals surface area contributed by atoms with Crippen molar-refractivity contribution in [2.45, 2.75) is 0 Å². The lowest BCUT2D eigenvalue weighted by atomic mass is 9.84. The maximum atomic E-state index is 2.48. The zero-order chi connectivity index (χ0) is 34.3. The second-order valence-electron chi connectivity index (χ2n) is 14.2. The van der Waals surface area contributed by atoms with Crippen LogP contribution in [0.15, 0.2) is 182 Å². The van der Waals surface area contributed by atoms with Gasteiger partial charge in [0.1, 0.15) is 0 Å². The molecule has 52 heavy (non-hydrogen) atoms. The van der Waals surface area contributed by atoms with Crippen molar-refractivity contribution >= 4 is 75.7 Å². The first-order valence-electron chi connectivity index (χ1n) is 18.1. The van der Waals surface area contributed by atoms with Crippen LogP contribution in [-0.4, -0.2) is 4.57 Å². The Hall–Kier alpha value is -6.70. The highest BCUT2D eigenvalue weighted by Gasteiger charge is 2.20. The number of fused-ring (bicyclic) bond motifs is 8. The summed E-state index contributed by atoms with van der Waals surface area (Å²) in [7, 11) is 2.22. The number of rotatable bonds is 3. The van der Waals surface area contributed by atoms with Crippen LogP contribution >= 0.6 is 0 Å². The fraction of sp³-hybridized carbons (Fsp3) is 0.0196. The van der Waals surface area contributed by atoms with Crippen LogP contribution < -0.4 is 0 Å². The van der Waals surface area contributed by atoms with E-state index in [2.05, 4.69) is 194 Å². The van der Waals surface area contributed by atoms with Crippen LogP contribution in [0.5, 0.6) is 0 Å². The van der Waals surface area contributed by atoms with Gasteiger partial charge in [0.2, 0.25) is 0 Å². The molecule has 1 nitrogen and oxygen atoms in total. The number of aryl methyl sites for hydroxylation is 1. The van der Waals surface area contributed by atoms with E-state index < -0.39 is 0 Å². The molecule has 1 heterocycles. The molecule has 0 saturated carbocycles. The molecule has 11 aromatic rings. The van der Waals surface area contributed by atoms with Crippen molar-refractivity contribution in [3.63, 3.8) is 0 Å². The van der Waals surface area contributed by atoms with E-state index in [0.29, 0.717) is 0 Å². The molecule has 0 saturated heterocycles. The van der Waals surface area contributed by atoms with E-state index >= 15 is 0 Å². The predicted octanol–water partition coefficient (Wildman–Crippen LogP) is 14.1. The number of nitrogens with zero attached hydrogens (tertiary/aromatic N) is 1. The van der Waals surface area contributed by atoms with Crippen molar-refractivity contribution in [1.82, 2.24) is 4.57 Å². The van der Waals surface area contributed by atoms with Gasteiger partial charge < -0.3 is 4.57 Å². The maximum Gasteiger partial charge on any atom is 0.0495 e. The summed E-state index contributed by atoms with van der Waals surface area (Å²) in [6.07, 6.45) is 0. The van der Waals surface area contributed by atoms with E-state index in [1.807, 2.05) is 0 Å². The monoisotopic (exact) mass is 659 g/mol. The van der Waals surface area contributed by atoms with Crippen molar-refractivity contribution in [2.75, 3.05) is 0 Å². The summed E-state index contributed by atoms with van der Waals surface area (Å²) in [5.74, 6) is 0. The van der Waals surface area contributed by atoms with Crippen molar-refractivity contribution in [2.24, 2.45) is 7.05 Å². The van der Waals surface area contributed by atoms with E-state index in [1.165, 1.54) is 109 Å². The molecule has 1 heteroatoms. The third kappa shape index (κ3) is 4.36. The topological polar surface area (TPSA) is 4.93 Å². The molecule has 11 rings (SSSR count). The fourth-order valence-electron chi connectivity index (χ4n) is 8.73. The predicted molar refractivity (Wildman–Crippen MR) is 224 cm³/mol. The van der Waals surface area contributed by atoms with Crippen LogP contribution in [-0.2, 0) is 7.05 Å². The Morgan fingerprint density at radius 1 is 0.269 bits per heavy atom. The molecule has 0 bridgehead atoms. The molecular weight excluding hydrogens is 627 g/mol. The van der Waals surface area contributed by atoms with Crippen LogP contribution in [0.1, 0.15) is 0 Å². The fourth-order valence-corrected chi connectivity index (χ4v) is 8.73. The minimum absolute atomic E-state index is 1.23. The van der Waals surface area contributed by atoms with Crippen LogP contribution in [0.2, 0.25) is 0 Å². The lowest BCUT2D eigenvalue weighted by Gasteiger charge is -2.19. The van der Waals surface area contributed by atoms with Crippen LogP contribution in [0.4, 0.5) is 0 Å². The summed E-state index contributed by atoms with van der Waals surface area (Å²) in [6.45, 7) is 0. The van der Waals surface area contributed by atoms with E-state index in [0.717, 1.165) is 0 Å². The number of aromatic nitrogens is 1. The van der Waals surface area contributed by atoms with Crippen LogP contribution in [0.25, 0.3) is 109 Å². The maximum absolute atomic E-state index is 2.48. The number of benzene rings is 10. The molecular formula is C51H33N. The Kier molecular flexibility index (Phi) is 6.23. The zero-order valence-corrected chi connectivity index (χ0v) is 28.8. The highest BCUT2D eigenvalue weighted by molar-refractivity contribution is 6.26. The third-order valence-corrected chi connectivity index (χ3v) is 11.3. The molecule has 0 spiro atoms. The van der Waals surface area contributed by atoms with Crippen LogP contribution in [0.3, 0.4) is 0 Å². The molecule has 242 valence electrons. The lowest BCUT2D eigenvalue weighted by molar-refractivity contribution is 1.02. The normalized spacial score (nSPS) is 11.9. The Morgan fingerprint density at radius 3 is 1.23 bits per heavy atom. The molecule has 0 aliphatic carbocycles. The Labute approximate surface area is 301 Å². The first-order chi connectivity index (χ1) is 25.7. The van der Waals surface area contributed by atoms with Gasteiger partial charge in [0, 0.05) is 28.9 Å². The highest BCUT2D eigenvalue weighted by atomic mass is 14.9. The van der Waals surface area contributed by atoms with Gasteiger partial charge in [-0.1, -0.05) is 146 Å². The Morgan fingerprint density at radius 2 is 0.673 bits per heavy atom. The van der Waals surface area contributed by atoms with Crippen molar-refractivity contribution in [3.8, 4) is 33.4 Å². The second-order valence-corrected chi connectivity index (χ2v) is 14.2. The van der Waals surface area contributed by atoms with E-state index in [1.54, 1.807) is 0 Å². The largest absolute Gasteiger partial charge is 0.344 e. The summed E-state index contributed by atoms with van der Waals surface area (Å²) in [5.41, 5.74) is 9.98. The van der Waals surface area contributed by atoms with Gasteiger partial charge in [0.15, 0.2) is 0 Å². The van der Waals surface area contributed by atoms with Gasteiger partial charge >= 0.3 is 0 Å². The summed E-state index contributed by atoms with van der Waals surface area (Å²) < 4.78 is 2.39. The van der Waals surface area contributed by atoms with Crippen molar-refractivity contribution < 1.29 is 0 Å². The van der Waals surface area contributed by atoms with Gasteiger partial charge in [-0.25, -0.2) is 0 Å². The quantitative estimate of drug-likeness (QED) is 0.166. The Balaban J connectivity index is 1.25. The molecule has 0 radical (unpaired) electrons. The summed E-state index contributed by atoms with van der Waals surface area (Å²) in [5, 5.41) is 15.2. The molecule has 0 atom stereocenters. The second kappa shape index (κ2) is 11.2. The van der Waals surface area contributed by atoms with E-state index in [-0.39, 0.29) is 0 Å². The summed E-state index contributed by atoms with van der Waals surface area (Å²) in [4.78, 5) is 0. The minimum atomic E-state index is 1.23. The van der Waals surface area contributed by atoms with Crippen molar-refractivity contribution in [3.05, 3.63) is 182 Å². The standard InChI is InChI=1S/C51H33N/c1-52-48-29-39(38-21-18-32-10-2-5-13-35(32)26-38)24-25-42(48)45-30-46-47(31-49(45)52)51(41-23-20-34-12-4-7-15-37(34)28-41)44-17-9-8-16-43(44)50(46)40-22-19-33-11-3-6-14-36(33)27-40/h2-31H,1H3. The third-order valence-electron chi connectivity index (χ3n) is 11.3. The van der Waals surface area contributed by atoms with Gasteiger partial charge in [-0.2, -0.15) is 0 Å². The molecule has 1 aromatic heterocycles.